The molecule has 1 aliphatic heterocycles. The summed E-state index contributed by atoms with van der Waals surface area (Å²) in [6.45, 7) is -1.14. The number of fused-ring (bicyclic) bond motifs is 1. The molecule has 1 fully saturated rings. The molecule has 0 bridgehead atoms. The lowest BCUT2D eigenvalue weighted by Crippen LogP contribution is -2.36. The summed E-state index contributed by atoms with van der Waals surface area (Å²) in [5.74, 6) is -1.09. The van der Waals surface area contributed by atoms with Crippen LogP contribution < -0.4 is 5.32 Å². The molecule has 0 radical (unpaired) electrons. The van der Waals surface area contributed by atoms with Gasteiger partial charge in [-0.2, -0.15) is 13.2 Å². The maximum atomic E-state index is 12.3. The lowest BCUT2D eigenvalue weighted by molar-refractivity contribution is -0.188. The van der Waals surface area contributed by atoms with Crippen LogP contribution in [0.15, 0.2) is 18.2 Å². The summed E-state index contributed by atoms with van der Waals surface area (Å²) in [7, 11) is 0. The summed E-state index contributed by atoms with van der Waals surface area (Å²) < 4.78 is 36.9. The number of hydrogen-bond acceptors (Lipinski definition) is 3. The average molecular weight is 342 g/mol. The molecular formula is C16H17F3N2O3. The first kappa shape index (κ1) is 16.8. The van der Waals surface area contributed by atoms with Gasteiger partial charge in [0.1, 0.15) is 6.54 Å². The summed E-state index contributed by atoms with van der Waals surface area (Å²) in [6.07, 6.45) is -2.05. The second kappa shape index (κ2) is 5.77. The fourth-order valence-electron chi connectivity index (χ4n) is 3.50. The number of rotatable bonds is 2. The molecular weight excluding hydrogens is 325 g/mol. The average Bonchev–Trinajstić information content (AvgIpc) is 2.84. The van der Waals surface area contributed by atoms with Gasteiger partial charge in [-0.15, -0.1) is 0 Å². The Balaban J connectivity index is 1.80. The number of halogens is 3. The number of carbonyl (C=O) groups excluding carboxylic acids is 2. The van der Waals surface area contributed by atoms with Crippen molar-refractivity contribution in [2.75, 3.05) is 13.1 Å². The first-order valence-corrected chi connectivity index (χ1v) is 7.64. The Morgan fingerprint density at radius 3 is 2.67 bits per heavy atom. The minimum atomic E-state index is -4.67. The molecule has 0 saturated carbocycles. The molecule has 0 aromatic heterocycles. The summed E-state index contributed by atoms with van der Waals surface area (Å²) >= 11 is 0. The fourth-order valence-corrected chi connectivity index (χ4v) is 3.50. The quantitative estimate of drug-likeness (QED) is 0.639. The molecule has 130 valence electrons. The van der Waals surface area contributed by atoms with Gasteiger partial charge in [0.25, 0.3) is 5.91 Å². The molecule has 1 aromatic rings. The number of nitrogens with zero attached hydrogens (tertiary/aromatic N) is 1. The third kappa shape index (κ3) is 3.38. The van der Waals surface area contributed by atoms with Crippen LogP contribution in [0.25, 0.3) is 0 Å². The number of amides is 2. The summed E-state index contributed by atoms with van der Waals surface area (Å²) in [6, 6.07) is 4.67. The molecule has 1 atom stereocenters. The van der Waals surface area contributed by atoms with Crippen molar-refractivity contribution in [3.63, 3.8) is 0 Å². The first-order chi connectivity index (χ1) is 11.2. The predicted octanol–water partition coefficient (Wildman–Crippen LogP) is 2.08. The van der Waals surface area contributed by atoms with Crippen LogP contribution in [-0.4, -0.2) is 41.4 Å². The Bertz CT molecular complexity index is 690. The van der Waals surface area contributed by atoms with Crippen LogP contribution in [0, 0.1) is 5.41 Å². The van der Waals surface area contributed by atoms with Crippen LogP contribution in [0.1, 0.15) is 34.3 Å². The summed E-state index contributed by atoms with van der Waals surface area (Å²) in [5.41, 5.74) is 1.70. The minimum absolute atomic E-state index is 0.00242. The Morgan fingerprint density at radius 1 is 1.29 bits per heavy atom. The van der Waals surface area contributed by atoms with E-state index in [1.807, 2.05) is 0 Å². The molecule has 1 aliphatic carbocycles. The van der Waals surface area contributed by atoms with Gasteiger partial charge in [-0.25, -0.2) is 5.06 Å². The van der Waals surface area contributed by atoms with Gasteiger partial charge in [-0.3, -0.25) is 14.8 Å². The van der Waals surface area contributed by atoms with Crippen molar-refractivity contribution in [1.29, 1.82) is 0 Å². The van der Waals surface area contributed by atoms with E-state index >= 15 is 0 Å². The van der Waals surface area contributed by atoms with Crippen molar-refractivity contribution in [1.82, 2.24) is 10.4 Å². The number of alkyl halides is 3. The number of hydroxylamine groups is 2. The van der Waals surface area contributed by atoms with E-state index in [1.165, 1.54) is 12.1 Å². The van der Waals surface area contributed by atoms with Crippen LogP contribution in [0.4, 0.5) is 13.2 Å². The lowest BCUT2D eigenvalue weighted by Gasteiger charge is -2.33. The van der Waals surface area contributed by atoms with Crippen molar-refractivity contribution in [2.24, 2.45) is 5.41 Å². The fraction of sp³-hybridized carbons (Fsp3) is 0.500. The number of aryl methyl sites for hydroxylation is 1. The topological polar surface area (TPSA) is 69.6 Å². The smallest absolute Gasteiger partial charge is 0.356 e. The third-order valence-corrected chi connectivity index (χ3v) is 4.70. The van der Waals surface area contributed by atoms with Gasteiger partial charge < -0.3 is 5.32 Å². The number of hydrogen-bond donors (Lipinski definition) is 2. The minimum Gasteiger partial charge on any atom is -0.356 e. The maximum absolute atomic E-state index is 12.3. The molecule has 2 N–H and O–H groups in total. The number of benzene rings is 1. The molecule has 0 unspecified atom stereocenters. The van der Waals surface area contributed by atoms with Crippen molar-refractivity contribution >= 4 is 11.8 Å². The highest BCUT2D eigenvalue weighted by atomic mass is 19.4. The van der Waals surface area contributed by atoms with E-state index in [4.69, 9.17) is 0 Å². The van der Waals surface area contributed by atoms with Gasteiger partial charge in [-0.05, 0) is 42.5 Å². The van der Waals surface area contributed by atoms with Crippen LogP contribution in [0.3, 0.4) is 0 Å². The first-order valence-electron chi connectivity index (χ1n) is 7.64. The second-order valence-corrected chi connectivity index (χ2v) is 6.59. The van der Waals surface area contributed by atoms with E-state index in [1.54, 1.807) is 6.07 Å². The van der Waals surface area contributed by atoms with Gasteiger partial charge in [0, 0.05) is 23.9 Å². The van der Waals surface area contributed by atoms with Crippen molar-refractivity contribution in [3.8, 4) is 0 Å². The van der Waals surface area contributed by atoms with Crippen molar-refractivity contribution < 1.29 is 28.0 Å². The van der Waals surface area contributed by atoms with Gasteiger partial charge in [0.2, 0.25) is 5.91 Å². The zero-order chi connectivity index (χ0) is 17.5. The Morgan fingerprint density at radius 2 is 2.04 bits per heavy atom. The van der Waals surface area contributed by atoms with Crippen LogP contribution in [-0.2, 0) is 17.6 Å². The molecule has 3 rings (SSSR count). The molecule has 5 nitrogen and oxygen atoms in total. The molecule has 1 spiro atoms. The SMILES string of the molecule is O=C1C[C@]2(CCc3ccc(C(=O)N(O)CC(F)(F)F)cc3C2)CN1. The van der Waals surface area contributed by atoms with Gasteiger partial charge in [0.15, 0.2) is 0 Å². The Kier molecular flexibility index (Phi) is 4.03. The maximum Gasteiger partial charge on any atom is 0.408 e. The van der Waals surface area contributed by atoms with Crippen LogP contribution >= 0.6 is 0 Å². The van der Waals surface area contributed by atoms with Crippen molar-refractivity contribution in [2.45, 2.75) is 31.9 Å². The van der Waals surface area contributed by atoms with E-state index < -0.39 is 18.6 Å². The van der Waals surface area contributed by atoms with E-state index in [0.717, 1.165) is 24.0 Å². The zero-order valence-corrected chi connectivity index (χ0v) is 12.8. The van der Waals surface area contributed by atoms with Crippen LogP contribution in [0.5, 0.6) is 0 Å². The molecule has 1 aromatic carbocycles. The largest absolute Gasteiger partial charge is 0.408 e. The highest BCUT2D eigenvalue weighted by Gasteiger charge is 2.41. The molecule has 2 amide bonds. The predicted molar refractivity (Wildman–Crippen MR) is 77.4 cm³/mol. The monoisotopic (exact) mass is 342 g/mol. The van der Waals surface area contributed by atoms with Gasteiger partial charge >= 0.3 is 6.18 Å². The zero-order valence-electron chi connectivity index (χ0n) is 12.8. The molecule has 1 heterocycles. The van der Waals surface area contributed by atoms with Gasteiger partial charge in [-0.1, -0.05) is 6.07 Å². The van der Waals surface area contributed by atoms with Crippen LogP contribution in [0.2, 0.25) is 0 Å². The molecule has 1 saturated heterocycles. The standard InChI is InChI=1S/C16H17F3N2O3/c17-16(18,19)9-21(24)14(23)11-2-1-10-3-4-15(6-12(10)5-11)7-13(22)20-8-15/h1-2,5,24H,3-4,6-9H2,(H,20,22)/t15-/m1/s1. The summed E-state index contributed by atoms with van der Waals surface area (Å²) in [4.78, 5) is 23.5. The molecule has 2 aliphatic rings. The molecule has 8 heteroatoms. The van der Waals surface area contributed by atoms with E-state index in [-0.39, 0.29) is 21.9 Å². The Labute approximate surface area is 136 Å². The van der Waals surface area contributed by atoms with E-state index in [2.05, 4.69) is 5.32 Å². The number of nitrogens with one attached hydrogen (secondary N) is 1. The Hall–Kier alpha value is -2.09. The highest BCUT2D eigenvalue weighted by Crippen LogP contribution is 2.40. The number of carbonyl (C=O) groups is 2. The van der Waals surface area contributed by atoms with E-state index in [9.17, 15) is 28.0 Å². The normalized spacial score (nSPS) is 23.1. The van der Waals surface area contributed by atoms with Gasteiger partial charge in [0.05, 0.1) is 0 Å². The second-order valence-electron chi connectivity index (χ2n) is 6.59. The third-order valence-electron chi connectivity index (χ3n) is 4.70. The molecule has 24 heavy (non-hydrogen) atoms. The van der Waals surface area contributed by atoms with Crippen molar-refractivity contribution in [3.05, 3.63) is 34.9 Å². The highest BCUT2D eigenvalue weighted by molar-refractivity contribution is 5.93. The van der Waals surface area contributed by atoms with E-state index in [0.29, 0.717) is 19.4 Å². The summed E-state index contributed by atoms with van der Waals surface area (Å²) in [5, 5.41) is 11.9. The lowest BCUT2D eigenvalue weighted by atomic mass is 9.71.